The lowest BCUT2D eigenvalue weighted by Gasteiger charge is -2.29. The number of anilines is 1. The summed E-state index contributed by atoms with van der Waals surface area (Å²) in [6.07, 6.45) is 5.19. The predicted octanol–water partition coefficient (Wildman–Crippen LogP) is 4.75. The molecule has 0 saturated carbocycles. The van der Waals surface area contributed by atoms with Crippen molar-refractivity contribution in [2.24, 2.45) is 7.05 Å². The van der Waals surface area contributed by atoms with Gasteiger partial charge in [0, 0.05) is 37.9 Å². The first-order chi connectivity index (χ1) is 25.3. The van der Waals surface area contributed by atoms with E-state index in [1.807, 2.05) is 66.7 Å². The van der Waals surface area contributed by atoms with E-state index in [1.54, 1.807) is 57.7 Å². The van der Waals surface area contributed by atoms with Crippen LogP contribution in [-0.4, -0.2) is 47.7 Å². The van der Waals surface area contributed by atoms with E-state index in [9.17, 15) is 14.4 Å². The molecule has 9 nitrogen and oxygen atoms in total. The number of aromatic nitrogens is 2. The summed E-state index contributed by atoms with van der Waals surface area (Å²) in [5, 5.41) is 5.53. The maximum Gasteiger partial charge on any atom is 0.274 e. The monoisotopic (exact) mass is 692 g/mol. The molecule has 262 valence electrons. The number of rotatable bonds is 9. The minimum absolute atomic E-state index is 0.159. The molecule has 0 atom stereocenters. The van der Waals surface area contributed by atoms with Gasteiger partial charge in [0.15, 0.2) is 11.5 Å². The first-order valence-electron chi connectivity index (χ1n) is 17.3. The lowest BCUT2D eigenvalue weighted by molar-refractivity contribution is 0.102. The Morgan fingerprint density at radius 1 is 0.808 bits per heavy atom. The molecule has 1 amide bonds. The molecule has 1 aromatic heterocycles. The van der Waals surface area contributed by atoms with E-state index in [4.69, 9.17) is 9.47 Å². The van der Waals surface area contributed by atoms with Crippen molar-refractivity contribution in [3.63, 3.8) is 0 Å². The van der Waals surface area contributed by atoms with Gasteiger partial charge in [0.1, 0.15) is 10.7 Å². The highest BCUT2D eigenvalue weighted by Gasteiger charge is 2.19. The number of benzene rings is 5. The number of nitrogens with zero attached hydrogens (tertiary/aromatic N) is 2. The average Bonchev–Trinajstić information content (AvgIpc) is 3.17. The van der Waals surface area contributed by atoms with Crippen molar-refractivity contribution in [2.75, 3.05) is 32.6 Å². The first kappa shape index (κ1) is 34.3. The Labute approximate surface area is 301 Å². The minimum Gasteiger partial charge on any atom is -0.493 e. The summed E-state index contributed by atoms with van der Waals surface area (Å²) in [7, 11) is 4.92. The van der Waals surface area contributed by atoms with Crippen LogP contribution in [0.3, 0.4) is 0 Å². The summed E-state index contributed by atoms with van der Waals surface area (Å²) in [6, 6.07) is 32.9. The van der Waals surface area contributed by atoms with Gasteiger partial charge >= 0.3 is 0 Å². The van der Waals surface area contributed by atoms with Crippen LogP contribution in [0.15, 0.2) is 113 Å². The molecule has 6 aromatic rings. The third-order valence-electron chi connectivity index (χ3n) is 9.66. The molecule has 9 heteroatoms. The molecule has 2 N–H and O–H groups in total. The van der Waals surface area contributed by atoms with Gasteiger partial charge in [-0.3, -0.25) is 19.3 Å². The zero-order valence-electron chi connectivity index (χ0n) is 29.4. The van der Waals surface area contributed by atoms with E-state index in [0.29, 0.717) is 16.8 Å². The van der Waals surface area contributed by atoms with Crippen LogP contribution in [0.2, 0.25) is 0 Å². The van der Waals surface area contributed by atoms with Crippen LogP contribution in [0.4, 0.5) is 5.69 Å². The minimum atomic E-state index is -0.372. The Balaban J connectivity index is 0.975. The quantitative estimate of drug-likeness (QED) is 0.227. The SMILES string of the molecule is COc1cc2c(cc1OC)CN(CCc1ccc(NC(=O)c3ccc(/C=c4\[nH]c(=O)/c(=C/c5ccc6ccccc6c5)n(C)c4=O)cc3)cc1)CC2. The second kappa shape index (κ2) is 15.0. The van der Waals surface area contributed by atoms with Gasteiger partial charge in [0.25, 0.3) is 17.0 Å². The van der Waals surface area contributed by atoms with Crippen LogP contribution < -0.4 is 36.6 Å². The number of hydrogen-bond acceptors (Lipinski definition) is 6. The summed E-state index contributed by atoms with van der Waals surface area (Å²) < 4.78 is 12.3. The summed E-state index contributed by atoms with van der Waals surface area (Å²) in [5.41, 5.74) is 5.75. The molecule has 0 fully saturated rings. The third kappa shape index (κ3) is 7.45. The summed E-state index contributed by atoms with van der Waals surface area (Å²) in [5.74, 6) is 1.29. The number of carbonyl (C=O) groups excluding carboxylic acids is 1. The molecule has 52 heavy (non-hydrogen) atoms. The molecule has 0 radical (unpaired) electrons. The maximum absolute atomic E-state index is 13.2. The number of fused-ring (bicyclic) bond motifs is 2. The molecular weight excluding hydrogens is 652 g/mol. The summed E-state index contributed by atoms with van der Waals surface area (Å²) in [6.45, 7) is 2.78. The average molecular weight is 693 g/mol. The Kier molecular flexibility index (Phi) is 9.86. The van der Waals surface area contributed by atoms with Gasteiger partial charge in [-0.1, -0.05) is 60.7 Å². The van der Waals surface area contributed by atoms with E-state index in [0.717, 1.165) is 60.3 Å². The van der Waals surface area contributed by atoms with Crippen molar-refractivity contribution in [1.29, 1.82) is 0 Å². The van der Waals surface area contributed by atoms with Crippen molar-refractivity contribution >= 4 is 34.5 Å². The largest absolute Gasteiger partial charge is 0.493 e. The molecule has 0 saturated heterocycles. The molecule has 0 spiro atoms. The topological polar surface area (TPSA) is 106 Å². The number of aromatic amines is 1. The van der Waals surface area contributed by atoms with Crippen molar-refractivity contribution < 1.29 is 14.3 Å². The van der Waals surface area contributed by atoms with Gasteiger partial charge in [-0.15, -0.1) is 0 Å². The first-order valence-corrected chi connectivity index (χ1v) is 17.3. The Morgan fingerprint density at radius 3 is 2.23 bits per heavy atom. The number of carbonyl (C=O) groups is 1. The van der Waals surface area contributed by atoms with Crippen LogP contribution in [0.5, 0.6) is 11.5 Å². The number of hydrogen-bond donors (Lipinski definition) is 2. The number of ether oxygens (including phenoxy) is 2. The van der Waals surface area contributed by atoms with Gasteiger partial charge in [0.05, 0.1) is 14.2 Å². The smallest absolute Gasteiger partial charge is 0.274 e. The van der Waals surface area contributed by atoms with Crippen LogP contribution in [0.1, 0.15) is 38.2 Å². The van der Waals surface area contributed by atoms with Gasteiger partial charge in [-0.25, -0.2) is 0 Å². The van der Waals surface area contributed by atoms with Gasteiger partial charge < -0.3 is 24.3 Å². The molecule has 0 unspecified atom stereocenters. The van der Waals surface area contributed by atoms with E-state index < -0.39 is 0 Å². The van der Waals surface area contributed by atoms with E-state index in [2.05, 4.69) is 27.3 Å². The van der Waals surface area contributed by atoms with Crippen LogP contribution >= 0.6 is 0 Å². The second-order valence-corrected chi connectivity index (χ2v) is 13.0. The molecule has 0 aliphatic carbocycles. The normalized spacial score (nSPS) is 13.6. The van der Waals surface area contributed by atoms with Gasteiger partial charge in [-0.05, 0) is 106 Å². The second-order valence-electron chi connectivity index (χ2n) is 13.0. The summed E-state index contributed by atoms with van der Waals surface area (Å²) >= 11 is 0. The Hall–Kier alpha value is -6.19. The predicted molar refractivity (Wildman–Crippen MR) is 206 cm³/mol. The zero-order chi connectivity index (χ0) is 36.2. The summed E-state index contributed by atoms with van der Waals surface area (Å²) in [4.78, 5) is 44.5. The molecule has 2 heterocycles. The van der Waals surface area contributed by atoms with Crippen molar-refractivity contribution in [3.8, 4) is 11.5 Å². The van der Waals surface area contributed by atoms with Crippen LogP contribution in [0.25, 0.3) is 22.9 Å². The standard InChI is InChI=1S/C43H40N4O5/c1-46-38(24-30-10-13-31-6-4-5-7-33(31)22-30)42(49)45-37(43(46)50)23-29-8-14-32(15-9-29)41(48)44-36-16-11-28(12-17-36)18-20-47-21-19-34-25-39(51-2)40(52-3)26-35(34)27-47/h4-17,22-26H,18-21,27H2,1-3H3,(H,44,48)(H,45,49)/b37-23-,38-24-. The third-order valence-corrected chi connectivity index (χ3v) is 9.66. The van der Waals surface area contributed by atoms with E-state index in [1.165, 1.54) is 21.3 Å². The fourth-order valence-corrected chi connectivity index (χ4v) is 6.67. The highest BCUT2D eigenvalue weighted by atomic mass is 16.5. The van der Waals surface area contributed by atoms with Gasteiger partial charge in [-0.2, -0.15) is 0 Å². The van der Waals surface area contributed by atoms with Gasteiger partial charge in [0.2, 0.25) is 0 Å². The fourth-order valence-electron chi connectivity index (χ4n) is 6.67. The highest BCUT2D eigenvalue weighted by molar-refractivity contribution is 6.04. The molecular formula is C43H40N4O5. The maximum atomic E-state index is 13.2. The molecule has 1 aliphatic rings. The number of nitrogens with one attached hydrogen (secondary N) is 2. The van der Waals surface area contributed by atoms with Crippen molar-refractivity contribution in [2.45, 2.75) is 19.4 Å². The Morgan fingerprint density at radius 2 is 1.50 bits per heavy atom. The Bertz CT molecular complexity index is 2520. The lowest BCUT2D eigenvalue weighted by Crippen LogP contribution is -2.52. The van der Waals surface area contributed by atoms with Crippen LogP contribution in [0, 0.1) is 0 Å². The van der Waals surface area contributed by atoms with E-state index in [-0.39, 0.29) is 27.7 Å². The highest BCUT2D eigenvalue weighted by Crippen LogP contribution is 2.33. The lowest BCUT2D eigenvalue weighted by atomic mass is 9.98. The number of H-pyrrole nitrogens is 1. The molecule has 7 rings (SSSR count). The fraction of sp³-hybridized carbons (Fsp3) is 0.186. The number of amides is 1. The van der Waals surface area contributed by atoms with Crippen molar-refractivity contribution in [3.05, 3.63) is 168 Å². The molecule has 1 aliphatic heterocycles. The van der Waals surface area contributed by atoms with E-state index >= 15 is 0 Å². The molecule has 5 aromatic carbocycles. The number of methoxy groups -OCH3 is 2. The van der Waals surface area contributed by atoms with Crippen molar-refractivity contribution in [1.82, 2.24) is 14.5 Å². The van der Waals surface area contributed by atoms with Crippen LogP contribution in [-0.2, 0) is 26.4 Å². The zero-order valence-corrected chi connectivity index (χ0v) is 29.4. The molecule has 0 bridgehead atoms.